The SMILES string of the molecule is O=Cc1ccc([N+](=O)[O-])c(O)c1.O=[N+]([O-])c1ccc(C2OCCCO2)cc1O. The predicted molar refractivity (Wildman–Crippen MR) is 94.2 cm³/mol. The van der Waals surface area contributed by atoms with E-state index in [-0.39, 0.29) is 17.0 Å². The summed E-state index contributed by atoms with van der Waals surface area (Å²) in [4.78, 5) is 29.5. The van der Waals surface area contributed by atoms with Crippen molar-refractivity contribution in [3.63, 3.8) is 0 Å². The number of hydrogen-bond donors (Lipinski definition) is 2. The molecule has 0 unspecified atom stereocenters. The monoisotopic (exact) mass is 392 g/mol. The smallest absolute Gasteiger partial charge is 0.310 e. The van der Waals surface area contributed by atoms with E-state index < -0.39 is 27.6 Å². The van der Waals surface area contributed by atoms with Crippen LogP contribution in [0.2, 0.25) is 0 Å². The minimum atomic E-state index is -0.718. The molecule has 1 heterocycles. The minimum absolute atomic E-state index is 0.207. The van der Waals surface area contributed by atoms with Crippen molar-refractivity contribution < 1.29 is 34.3 Å². The van der Waals surface area contributed by atoms with Gasteiger partial charge >= 0.3 is 11.4 Å². The lowest BCUT2D eigenvalue weighted by atomic mass is 10.1. The molecule has 1 aliphatic heterocycles. The van der Waals surface area contributed by atoms with Crippen LogP contribution in [0, 0.1) is 20.2 Å². The van der Waals surface area contributed by atoms with Gasteiger partial charge in [0.2, 0.25) is 0 Å². The number of aldehydes is 1. The maximum Gasteiger partial charge on any atom is 0.310 e. The molecule has 2 aromatic rings. The molecular formula is C17H16N2O9. The Morgan fingerprint density at radius 2 is 1.46 bits per heavy atom. The number of carbonyl (C=O) groups is 1. The summed E-state index contributed by atoms with van der Waals surface area (Å²) in [5, 5.41) is 39.1. The molecule has 0 amide bonds. The van der Waals surface area contributed by atoms with Crippen LogP contribution >= 0.6 is 0 Å². The molecule has 1 saturated heterocycles. The summed E-state index contributed by atoms with van der Waals surface area (Å²) in [6.45, 7) is 1.17. The van der Waals surface area contributed by atoms with Crippen LogP contribution in [-0.2, 0) is 9.47 Å². The van der Waals surface area contributed by atoms with Gasteiger partial charge in [-0.25, -0.2) is 0 Å². The molecule has 2 aromatic carbocycles. The number of nitro groups is 2. The van der Waals surface area contributed by atoms with Crippen molar-refractivity contribution in [3.8, 4) is 11.5 Å². The van der Waals surface area contributed by atoms with E-state index >= 15 is 0 Å². The standard InChI is InChI=1S/C10H11NO5.C7H5NO4/c12-9-6-7(2-3-8(9)11(13)14)10-15-4-1-5-16-10;9-4-5-1-2-6(8(11)12)7(10)3-5/h2-3,6,10,12H,1,4-5H2;1-4,10H. The molecule has 11 nitrogen and oxygen atoms in total. The Morgan fingerprint density at radius 1 is 0.929 bits per heavy atom. The third-order valence-electron chi connectivity index (χ3n) is 3.63. The summed E-state index contributed by atoms with van der Waals surface area (Å²) in [5.41, 5.74) is 0.0704. The van der Waals surface area contributed by atoms with Crippen LogP contribution in [0.5, 0.6) is 11.5 Å². The van der Waals surface area contributed by atoms with Gasteiger partial charge in [-0.05, 0) is 30.7 Å². The zero-order valence-corrected chi connectivity index (χ0v) is 14.4. The molecule has 0 bridgehead atoms. The van der Waals surface area contributed by atoms with E-state index in [1.54, 1.807) is 0 Å². The number of ether oxygens (including phenoxy) is 2. The molecule has 1 aliphatic rings. The first-order valence-corrected chi connectivity index (χ1v) is 7.96. The van der Waals surface area contributed by atoms with Gasteiger partial charge in [-0.2, -0.15) is 0 Å². The summed E-state index contributed by atoms with van der Waals surface area (Å²) in [7, 11) is 0. The summed E-state index contributed by atoms with van der Waals surface area (Å²) >= 11 is 0. The van der Waals surface area contributed by atoms with E-state index in [4.69, 9.17) is 14.6 Å². The molecule has 28 heavy (non-hydrogen) atoms. The summed E-state index contributed by atoms with van der Waals surface area (Å²) in [6.07, 6.45) is 0.791. The number of rotatable bonds is 4. The number of phenolic OH excluding ortho intramolecular Hbond substituents is 2. The fourth-order valence-electron chi connectivity index (χ4n) is 2.29. The quantitative estimate of drug-likeness (QED) is 0.452. The Balaban J connectivity index is 0.000000209. The summed E-state index contributed by atoms with van der Waals surface area (Å²) < 4.78 is 10.6. The zero-order chi connectivity index (χ0) is 20.7. The second kappa shape index (κ2) is 9.39. The van der Waals surface area contributed by atoms with E-state index in [2.05, 4.69) is 0 Å². The molecule has 11 heteroatoms. The van der Waals surface area contributed by atoms with E-state index in [0.29, 0.717) is 25.1 Å². The van der Waals surface area contributed by atoms with Crippen LogP contribution in [0.4, 0.5) is 11.4 Å². The Morgan fingerprint density at radius 3 is 1.93 bits per heavy atom. The number of phenols is 2. The normalized spacial score (nSPS) is 13.9. The van der Waals surface area contributed by atoms with Crippen molar-refractivity contribution >= 4 is 17.7 Å². The first-order chi connectivity index (χ1) is 13.3. The average molecular weight is 392 g/mol. The zero-order valence-electron chi connectivity index (χ0n) is 14.4. The summed E-state index contributed by atoms with van der Waals surface area (Å²) in [6, 6.07) is 7.46. The fraction of sp³-hybridized carbons (Fsp3) is 0.235. The highest BCUT2D eigenvalue weighted by atomic mass is 16.7. The fourth-order valence-corrected chi connectivity index (χ4v) is 2.29. The topological polar surface area (TPSA) is 162 Å². The Bertz CT molecular complexity index is 879. The van der Waals surface area contributed by atoms with Crippen LogP contribution in [0.25, 0.3) is 0 Å². The van der Waals surface area contributed by atoms with Crippen molar-refractivity contribution in [2.24, 2.45) is 0 Å². The molecule has 0 atom stereocenters. The second-order valence-electron chi connectivity index (χ2n) is 5.56. The van der Waals surface area contributed by atoms with Gasteiger partial charge in [0, 0.05) is 23.3 Å². The predicted octanol–water partition coefficient (Wildman–Crippen LogP) is 2.85. The van der Waals surface area contributed by atoms with Crippen LogP contribution in [0.1, 0.15) is 28.6 Å². The molecule has 0 radical (unpaired) electrons. The van der Waals surface area contributed by atoms with Crippen LogP contribution in [0.15, 0.2) is 36.4 Å². The van der Waals surface area contributed by atoms with Gasteiger partial charge in [0.25, 0.3) is 0 Å². The Labute approximate surface area is 158 Å². The number of carbonyl (C=O) groups excluding carboxylic acids is 1. The molecule has 2 N–H and O–H groups in total. The largest absolute Gasteiger partial charge is 0.502 e. The van der Waals surface area contributed by atoms with Crippen molar-refractivity contribution in [3.05, 3.63) is 67.8 Å². The highest BCUT2D eigenvalue weighted by molar-refractivity contribution is 5.76. The van der Waals surface area contributed by atoms with Crippen LogP contribution in [-0.4, -0.2) is 39.6 Å². The summed E-state index contributed by atoms with van der Waals surface area (Å²) in [5.74, 6) is -0.870. The van der Waals surface area contributed by atoms with Gasteiger partial charge in [-0.15, -0.1) is 0 Å². The van der Waals surface area contributed by atoms with Crippen LogP contribution < -0.4 is 0 Å². The number of aromatic hydroxyl groups is 2. The Hall–Kier alpha value is -3.57. The third-order valence-corrected chi connectivity index (χ3v) is 3.63. The first kappa shape index (κ1) is 20.7. The highest BCUT2D eigenvalue weighted by Gasteiger charge is 2.20. The Kier molecular flexibility index (Phi) is 6.96. The molecule has 3 rings (SSSR count). The number of hydrogen-bond acceptors (Lipinski definition) is 9. The van der Waals surface area contributed by atoms with Crippen molar-refractivity contribution in [1.82, 2.24) is 0 Å². The molecule has 0 aliphatic carbocycles. The lowest BCUT2D eigenvalue weighted by molar-refractivity contribution is -0.386. The molecule has 1 fully saturated rings. The first-order valence-electron chi connectivity index (χ1n) is 7.96. The maximum atomic E-state index is 10.5. The van der Waals surface area contributed by atoms with Gasteiger partial charge in [0.1, 0.15) is 6.29 Å². The van der Waals surface area contributed by atoms with Gasteiger partial charge < -0.3 is 19.7 Å². The van der Waals surface area contributed by atoms with Crippen molar-refractivity contribution in [2.75, 3.05) is 13.2 Å². The van der Waals surface area contributed by atoms with E-state index in [9.17, 15) is 30.1 Å². The van der Waals surface area contributed by atoms with E-state index in [1.165, 1.54) is 24.3 Å². The molecule has 0 aromatic heterocycles. The highest BCUT2D eigenvalue weighted by Crippen LogP contribution is 2.31. The second-order valence-corrected chi connectivity index (χ2v) is 5.56. The van der Waals surface area contributed by atoms with Gasteiger partial charge in [-0.3, -0.25) is 25.0 Å². The lowest BCUT2D eigenvalue weighted by Crippen LogP contribution is -2.17. The number of benzene rings is 2. The van der Waals surface area contributed by atoms with E-state index in [0.717, 1.165) is 18.6 Å². The van der Waals surface area contributed by atoms with Gasteiger partial charge in [-0.1, -0.05) is 0 Å². The van der Waals surface area contributed by atoms with Gasteiger partial charge in [0.15, 0.2) is 17.8 Å². The maximum absolute atomic E-state index is 10.5. The molecule has 0 saturated carbocycles. The van der Waals surface area contributed by atoms with Gasteiger partial charge in [0.05, 0.1) is 23.1 Å². The number of nitro benzene ring substituents is 2. The average Bonchev–Trinajstić information content (AvgIpc) is 2.68. The molecule has 148 valence electrons. The van der Waals surface area contributed by atoms with Crippen molar-refractivity contribution in [1.29, 1.82) is 0 Å². The molecular weight excluding hydrogens is 376 g/mol. The minimum Gasteiger partial charge on any atom is -0.502 e. The number of nitrogens with zero attached hydrogens (tertiary/aromatic N) is 2. The molecule has 0 spiro atoms. The van der Waals surface area contributed by atoms with Crippen LogP contribution in [0.3, 0.4) is 0 Å². The van der Waals surface area contributed by atoms with E-state index in [1.807, 2.05) is 0 Å². The lowest BCUT2D eigenvalue weighted by Gasteiger charge is -2.23. The van der Waals surface area contributed by atoms with Crippen molar-refractivity contribution in [2.45, 2.75) is 12.7 Å². The third kappa shape index (κ3) is 5.22.